The highest BCUT2D eigenvalue weighted by Gasteiger charge is 2.18. The van der Waals surface area contributed by atoms with E-state index in [4.69, 9.17) is 16.2 Å². The fourth-order valence-electron chi connectivity index (χ4n) is 2.21. The molecule has 1 unspecified atom stereocenters. The molecular formula is C16H18FN3O2. The number of pyridine rings is 1. The summed E-state index contributed by atoms with van der Waals surface area (Å²) >= 11 is 0. The van der Waals surface area contributed by atoms with Gasteiger partial charge in [-0.1, -0.05) is 32.0 Å². The lowest BCUT2D eigenvalue weighted by atomic mass is 9.95. The highest BCUT2D eigenvalue weighted by atomic mass is 19.1. The van der Waals surface area contributed by atoms with E-state index >= 15 is 0 Å². The summed E-state index contributed by atoms with van der Waals surface area (Å²) in [6.45, 7) is 3.83. The number of ether oxygens (including phenoxy) is 1. The van der Waals surface area contributed by atoms with E-state index in [1.165, 1.54) is 12.3 Å². The van der Waals surface area contributed by atoms with Crippen molar-refractivity contribution in [2.75, 3.05) is 0 Å². The standard InChI is InChI=1S/C16H18FN3O2/c1-9(2)11-6-5-10(8-13(11)17)14(18)12-4-3-7-20-15(12)22-16(19)21/h3-9,14H,18H2,1-2H3,(H2,19,21). The van der Waals surface area contributed by atoms with Crippen molar-refractivity contribution in [1.82, 2.24) is 4.98 Å². The van der Waals surface area contributed by atoms with Gasteiger partial charge in [0.15, 0.2) is 0 Å². The van der Waals surface area contributed by atoms with E-state index in [-0.39, 0.29) is 17.6 Å². The van der Waals surface area contributed by atoms with Crippen molar-refractivity contribution >= 4 is 6.09 Å². The first-order valence-electron chi connectivity index (χ1n) is 6.87. The summed E-state index contributed by atoms with van der Waals surface area (Å²) in [5.74, 6) is -0.211. The Morgan fingerprint density at radius 2 is 2.00 bits per heavy atom. The van der Waals surface area contributed by atoms with E-state index < -0.39 is 12.1 Å². The summed E-state index contributed by atoms with van der Waals surface area (Å²) in [6.07, 6.45) is 0.477. The Kier molecular flexibility index (Phi) is 4.72. The van der Waals surface area contributed by atoms with Crippen LogP contribution in [0.1, 0.15) is 42.5 Å². The number of primary amides is 1. The Morgan fingerprint density at radius 1 is 1.27 bits per heavy atom. The number of carbonyl (C=O) groups excluding carboxylic acids is 1. The molecular weight excluding hydrogens is 285 g/mol. The van der Waals surface area contributed by atoms with Crippen LogP contribution in [0.25, 0.3) is 0 Å². The molecule has 1 aromatic heterocycles. The van der Waals surface area contributed by atoms with E-state index in [1.54, 1.807) is 24.3 Å². The second-order valence-corrected chi connectivity index (χ2v) is 5.23. The normalized spacial score (nSPS) is 12.2. The molecule has 0 radical (unpaired) electrons. The topological polar surface area (TPSA) is 91.2 Å². The summed E-state index contributed by atoms with van der Waals surface area (Å²) in [7, 11) is 0. The number of rotatable bonds is 4. The third-order valence-corrected chi connectivity index (χ3v) is 3.34. The van der Waals surface area contributed by atoms with Crippen molar-refractivity contribution in [1.29, 1.82) is 0 Å². The minimum absolute atomic E-state index is 0.0239. The van der Waals surface area contributed by atoms with E-state index in [2.05, 4.69) is 4.98 Å². The number of amides is 1. The molecule has 5 nitrogen and oxygen atoms in total. The molecule has 1 aromatic carbocycles. The summed E-state index contributed by atoms with van der Waals surface area (Å²) in [4.78, 5) is 14.8. The van der Waals surface area contributed by atoms with E-state index in [9.17, 15) is 9.18 Å². The van der Waals surface area contributed by atoms with Crippen LogP contribution in [0.15, 0.2) is 36.5 Å². The molecule has 116 valence electrons. The third-order valence-electron chi connectivity index (χ3n) is 3.34. The molecule has 0 saturated carbocycles. The van der Waals surface area contributed by atoms with Crippen molar-refractivity contribution in [3.63, 3.8) is 0 Å². The zero-order valence-electron chi connectivity index (χ0n) is 12.4. The molecule has 0 aliphatic rings. The van der Waals surface area contributed by atoms with Gasteiger partial charge in [-0.2, -0.15) is 0 Å². The van der Waals surface area contributed by atoms with Crippen LogP contribution < -0.4 is 16.2 Å². The number of nitrogens with two attached hydrogens (primary N) is 2. The lowest BCUT2D eigenvalue weighted by Crippen LogP contribution is -2.20. The molecule has 0 aliphatic heterocycles. The van der Waals surface area contributed by atoms with E-state index in [1.807, 2.05) is 13.8 Å². The molecule has 0 spiro atoms. The second kappa shape index (κ2) is 6.53. The van der Waals surface area contributed by atoms with Crippen LogP contribution in [0.2, 0.25) is 0 Å². The maximum atomic E-state index is 14.1. The van der Waals surface area contributed by atoms with Gasteiger partial charge in [0.1, 0.15) is 5.82 Å². The van der Waals surface area contributed by atoms with Crippen molar-refractivity contribution in [3.8, 4) is 5.88 Å². The molecule has 2 aromatic rings. The number of aromatic nitrogens is 1. The van der Waals surface area contributed by atoms with Gasteiger partial charge in [-0.05, 0) is 29.2 Å². The number of halogens is 1. The molecule has 0 aliphatic carbocycles. The van der Waals surface area contributed by atoms with Crippen molar-refractivity contribution in [3.05, 3.63) is 59.0 Å². The molecule has 4 N–H and O–H groups in total. The first-order valence-corrected chi connectivity index (χ1v) is 6.87. The van der Waals surface area contributed by atoms with Crippen molar-refractivity contribution in [2.45, 2.75) is 25.8 Å². The maximum Gasteiger partial charge on any atom is 0.411 e. The van der Waals surface area contributed by atoms with Gasteiger partial charge in [-0.15, -0.1) is 0 Å². The van der Waals surface area contributed by atoms with Gasteiger partial charge in [-0.25, -0.2) is 14.2 Å². The van der Waals surface area contributed by atoms with Crippen LogP contribution in [0.3, 0.4) is 0 Å². The third kappa shape index (κ3) is 3.40. The largest absolute Gasteiger partial charge is 0.411 e. The highest BCUT2D eigenvalue weighted by molar-refractivity contribution is 5.68. The Labute approximate surface area is 128 Å². The molecule has 1 heterocycles. The zero-order chi connectivity index (χ0) is 16.3. The van der Waals surface area contributed by atoms with Gasteiger partial charge in [0.05, 0.1) is 6.04 Å². The van der Waals surface area contributed by atoms with E-state index in [0.29, 0.717) is 16.7 Å². The average molecular weight is 303 g/mol. The quantitative estimate of drug-likeness (QED) is 0.908. The first-order chi connectivity index (χ1) is 10.4. The number of nitrogens with zero attached hydrogens (tertiary/aromatic N) is 1. The minimum Gasteiger partial charge on any atom is -0.391 e. The van der Waals surface area contributed by atoms with Crippen molar-refractivity contribution in [2.24, 2.45) is 11.5 Å². The maximum absolute atomic E-state index is 14.1. The molecule has 0 bridgehead atoms. The summed E-state index contributed by atoms with van der Waals surface area (Å²) < 4.78 is 18.9. The predicted octanol–water partition coefficient (Wildman–Crippen LogP) is 2.85. The van der Waals surface area contributed by atoms with Crippen molar-refractivity contribution < 1.29 is 13.9 Å². The SMILES string of the molecule is CC(C)c1ccc(C(N)c2cccnc2OC(N)=O)cc1F. The van der Waals surface area contributed by atoms with Gasteiger partial charge >= 0.3 is 6.09 Å². The van der Waals surface area contributed by atoms with Crippen LogP contribution in [0.5, 0.6) is 5.88 Å². The van der Waals surface area contributed by atoms with Crippen LogP contribution in [0, 0.1) is 5.82 Å². The highest BCUT2D eigenvalue weighted by Crippen LogP contribution is 2.28. The monoisotopic (exact) mass is 303 g/mol. The fraction of sp³-hybridized carbons (Fsp3) is 0.250. The molecule has 2 rings (SSSR count). The molecule has 0 fully saturated rings. The van der Waals surface area contributed by atoms with Gasteiger partial charge in [-0.3, -0.25) is 0 Å². The molecule has 1 amide bonds. The number of hydrogen-bond donors (Lipinski definition) is 2. The zero-order valence-corrected chi connectivity index (χ0v) is 12.4. The van der Waals surface area contributed by atoms with Crippen LogP contribution >= 0.6 is 0 Å². The number of benzene rings is 1. The minimum atomic E-state index is -0.978. The lowest BCUT2D eigenvalue weighted by Gasteiger charge is -2.16. The number of hydrogen-bond acceptors (Lipinski definition) is 4. The van der Waals surface area contributed by atoms with Gasteiger partial charge in [0, 0.05) is 11.8 Å². The summed E-state index contributed by atoms with van der Waals surface area (Å²) in [5, 5.41) is 0. The Bertz CT molecular complexity index is 689. The summed E-state index contributed by atoms with van der Waals surface area (Å²) in [6, 6.07) is 7.48. The van der Waals surface area contributed by atoms with Crippen LogP contribution in [0.4, 0.5) is 9.18 Å². The predicted molar refractivity (Wildman–Crippen MR) is 81.0 cm³/mol. The number of carbonyl (C=O) groups is 1. The Hall–Kier alpha value is -2.47. The molecule has 0 saturated heterocycles. The van der Waals surface area contributed by atoms with Gasteiger partial charge in [0.2, 0.25) is 5.88 Å². The van der Waals surface area contributed by atoms with Gasteiger partial charge < -0.3 is 16.2 Å². The van der Waals surface area contributed by atoms with E-state index in [0.717, 1.165) is 0 Å². The Balaban J connectivity index is 2.38. The van der Waals surface area contributed by atoms with Gasteiger partial charge in [0.25, 0.3) is 0 Å². The first kappa shape index (κ1) is 15.9. The van der Waals surface area contributed by atoms with Crippen LogP contribution in [-0.4, -0.2) is 11.1 Å². The average Bonchev–Trinajstić information content (AvgIpc) is 2.46. The second-order valence-electron chi connectivity index (χ2n) is 5.23. The molecule has 1 atom stereocenters. The molecule has 22 heavy (non-hydrogen) atoms. The Morgan fingerprint density at radius 3 is 2.59 bits per heavy atom. The summed E-state index contributed by atoms with van der Waals surface area (Å²) in [5.41, 5.74) is 12.8. The fourth-order valence-corrected chi connectivity index (χ4v) is 2.21. The smallest absolute Gasteiger partial charge is 0.391 e. The lowest BCUT2D eigenvalue weighted by molar-refractivity contribution is 0.208. The van der Waals surface area contributed by atoms with Crippen LogP contribution in [-0.2, 0) is 0 Å². The molecule has 6 heteroatoms.